The van der Waals surface area contributed by atoms with Gasteiger partial charge in [0.2, 0.25) is 0 Å². The van der Waals surface area contributed by atoms with Gasteiger partial charge in [-0.3, -0.25) is 0 Å². The Balaban J connectivity index is 3.54. The summed E-state index contributed by atoms with van der Waals surface area (Å²) in [6, 6.07) is 0. The molecule has 3 nitrogen and oxygen atoms in total. The second kappa shape index (κ2) is 7.35. The third-order valence-electron chi connectivity index (χ3n) is 4.13. The molecule has 0 aromatic carbocycles. The fourth-order valence-corrected chi connectivity index (χ4v) is 2.31. The van der Waals surface area contributed by atoms with Gasteiger partial charge in [0.15, 0.2) is 0 Å². The number of rotatable bonds is 7. The maximum atomic E-state index is 14.5. The molecular weight excluding hydrogens is 463 g/mol. The summed E-state index contributed by atoms with van der Waals surface area (Å²) in [6.45, 7) is 1.51. The van der Waals surface area contributed by atoms with Crippen LogP contribution in [0.2, 0.25) is 0 Å². The van der Waals surface area contributed by atoms with Crippen LogP contribution in [0.5, 0.6) is 0 Å². The van der Waals surface area contributed by atoms with Crippen molar-refractivity contribution in [1.82, 2.24) is 0 Å². The van der Waals surface area contributed by atoms with Gasteiger partial charge in [0.25, 0.3) is 0 Å². The fraction of sp³-hybridized carbons (Fsp3) is 0.786. The van der Waals surface area contributed by atoms with E-state index in [9.17, 15) is 61.9 Å². The Morgan fingerprint density at radius 1 is 0.633 bits per heavy atom. The highest BCUT2D eigenvalue weighted by atomic mass is 19.4. The molecule has 0 N–H and O–H groups in total. The molecule has 0 amide bonds. The molecule has 16 heteroatoms. The first-order valence-corrected chi connectivity index (χ1v) is 7.59. The van der Waals surface area contributed by atoms with E-state index in [1.54, 1.807) is 0 Å². The van der Waals surface area contributed by atoms with Crippen molar-refractivity contribution in [2.24, 2.45) is 0 Å². The van der Waals surface area contributed by atoms with E-state index in [0.29, 0.717) is 0 Å². The zero-order chi connectivity index (χ0) is 24.0. The maximum absolute atomic E-state index is 14.5. The number of halogens is 13. The van der Waals surface area contributed by atoms with Crippen molar-refractivity contribution in [3.05, 3.63) is 12.8 Å². The minimum Gasteiger partial charge on any atom is -0.502 e. The van der Waals surface area contributed by atoms with Gasteiger partial charge in [-0.1, -0.05) is 6.58 Å². The molecule has 30 heavy (non-hydrogen) atoms. The van der Waals surface area contributed by atoms with Crippen molar-refractivity contribution in [3.8, 4) is 0 Å². The minimum absolute atomic E-state index is 0.187. The molecule has 0 radical (unpaired) electrons. The van der Waals surface area contributed by atoms with E-state index in [-0.39, 0.29) is 13.0 Å². The monoisotopic (exact) mass is 474 g/mol. The summed E-state index contributed by atoms with van der Waals surface area (Å²) >= 11 is 0. The third-order valence-corrected chi connectivity index (χ3v) is 4.13. The van der Waals surface area contributed by atoms with Crippen molar-refractivity contribution < 1.29 is 71.3 Å². The van der Waals surface area contributed by atoms with Crippen LogP contribution in [0.3, 0.4) is 0 Å². The van der Waals surface area contributed by atoms with E-state index >= 15 is 0 Å². The van der Waals surface area contributed by atoms with Crippen molar-refractivity contribution >= 4 is 5.97 Å². The molecule has 1 fully saturated rings. The molecule has 1 rings (SSSR count). The van der Waals surface area contributed by atoms with Crippen LogP contribution in [0, 0.1) is 0 Å². The van der Waals surface area contributed by atoms with Crippen LogP contribution in [0.4, 0.5) is 57.1 Å². The lowest BCUT2D eigenvalue weighted by Crippen LogP contribution is -2.72. The predicted molar refractivity (Wildman–Crippen MR) is 69.9 cm³/mol. The molecule has 0 spiro atoms. The van der Waals surface area contributed by atoms with E-state index in [2.05, 4.69) is 16.1 Å². The lowest BCUT2D eigenvalue weighted by Gasteiger charge is -2.38. The molecule has 0 aromatic rings. The number of hydrogen-bond acceptors (Lipinski definition) is 3. The van der Waals surface area contributed by atoms with Crippen LogP contribution >= 0.6 is 0 Å². The Kier molecular flexibility index (Phi) is 6.41. The van der Waals surface area contributed by atoms with Gasteiger partial charge in [-0.2, -0.15) is 52.7 Å². The van der Waals surface area contributed by atoms with Crippen LogP contribution in [-0.4, -0.2) is 60.4 Å². The number of ether oxygens (including phenoxy) is 2. The highest BCUT2D eigenvalue weighted by Crippen LogP contribution is 2.69. The lowest BCUT2D eigenvalue weighted by atomic mass is 9.85. The summed E-state index contributed by atoms with van der Waals surface area (Å²) in [5.74, 6) is -51.0. The summed E-state index contributed by atoms with van der Waals surface area (Å²) in [5, 5.41) is 0. The number of esters is 1. The molecule has 1 aliphatic carbocycles. The van der Waals surface area contributed by atoms with Gasteiger partial charge in [0, 0.05) is 0 Å². The Labute approximate surface area is 158 Å². The molecule has 0 atom stereocenters. The zero-order valence-electron chi connectivity index (χ0n) is 14.3. The van der Waals surface area contributed by atoms with E-state index in [1.165, 1.54) is 0 Å². The molecule has 0 heterocycles. The van der Waals surface area contributed by atoms with Crippen LogP contribution in [0.15, 0.2) is 12.8 Å². The molecule has 1 saturated carbocycles. The standard InChI is InChI=1S/C14H11F13O3/c1-2-29-5-3-4-6-30-7(28)8(15)9(16,17)11(20,21)13(24,25)14(26,27)12(22,23)10(8,18)19/h2H,1,3-6H2. The summed E-state index contributed by atoms with van der Waals surface area (Å²) in [5.41, 5.74) is -7.30. The topological polar surface area (TPSA) is 35.5 Å². The van der Waals surface area contributed by atoms with Crippen molar-refractivity contribution in [2.45, 2.75) is 54.0 Å². The third kappa shape index (κ3) is 2.92. The van der Waals surface area contributed by atoms with Crippen LogP contribution in [0.25, 0.3) is 0 Å². The van der Waals surface area contributed by atoms with Gasteiger partial charge in [0.05, 0.1) is 19.5 Å². The average Bonchev–Trinajstić information content (AvgIpc) is 2.62. The Bertz CT molecular complexity index is 636. The number of carbonyl (C=O) groups excluding carboxylic acids is 1. The van der Waals surface area contributed by atoms with E-state index in [4.69, 9.17) is 0 Å². The number of unbranched alkanes of at least 4 members (excludes halogenated alkanes) is 1. The number of hydrogen-bond donors (Lipinski definition) is 0. The summed E-state index contributed by atoms with van der Waals surface area (Å²) in [6.07, 6.45) is 0.166. The SMILES string of the molecule is C=COCCCCOC(=O)C1(F)C(F)(F)C(F)(F)C(F)(F)C(F)(F)C(F)(F)C1(F)F. The molecule has 0 aromatic heterocycles. The minimum atomic E-state index is -7.91. The maximum Gasteiger partial charge on any atom is 0.384 e. The van der Waals surface area contributed by atoms with Gasteiger partial charge in [-0.15, -0.1) is 0 Å². The summed E-state index contributed by atoms with van der Waals surface area (Å²) < 4.78 is 185. The van der Waals surface area contributed by atoms with Gasteiger partial charge in [0.1, 0.15) is 0 Å². The van der Waals surface area contributed by atoms with Gasteiger partial charge >= 0.3 is 47.2 Å². The Morgan fingerprint density at radius 3 is 1.33 bits per heavy atom. The van der Waals surface area contributed by atoms with Crippen molar-refractivity contribution in [1.29, 1.82) is 0 Å². The molecular formula is C14H11F13O3. The molecule has 1 aliphatic rings. The predicted octanol–water partition coefficient (Wildman–Crippen LogP) is 5.00. The van der Waals surface area contributed by atoms with Crippen LogP contribution < -0.4 is 0 Å². The largest absolute Gasteiger partial charge is 0.502 e. The molecule has 0 unspecified atom stereocenters. The smallest absolute Gasteiger partial charge is 0.384 e. The van der Waals surface area contributed by atoms with Gasteiger partial charge < -0.3 is 9.47 Å². The normalized spacial score (nSPS) is 26.8. The van der Waals surface area contributed by atoms with E-state index in [1.807, 2.05) is 0 Å². The zero-order valence-corrected chi connectivity index (χ0v) is 14.3. The quantitative estimate of drug-likeness (QED) is 0.171. The summed E-state index contributed by atoms with van der Waals surface area (Å²) in [4.78, 5) is 11.4. The highest BCUT2D eigenvalue weighted by Gasteiger charge is 3.03. The number of alkyl halides is 13. The number of carbonyl (C=O) groups is 1. The average molecular weight is 474 g/mol. The fourth-order valence-electron chi connectivity index (χ4n) is 2.31. The van der Waals surface area contributed by atoms with Gasteiger partial charge in [-0.05, 0) is 12.8 Å². The van der Waals surface area contributed by atoms with Crippen molar-refractivity contribution in [2.75, 3.05) is 13.2 Å². The second-order valence-corrected chi connectivity index (χ2v) is 5.99. The van der Waals surface area contributed by atoms with E-state index in [0.717, 1.165) is 6.26 Å². The molecule has 0 saturated heterocycles. The molecule has 0 bridgehead atoms. The van der Waals surface area contributed by atoms with Crippen LogP contribution in [0.1, 0.15) is 12.8 Å². The van der Waals surface area contributed by atoms with Crippen molar-refractivity contribution in [3.63, 3.8) is 0 Å². The van der Waals surface area contributed by atoms with Gasteiger partial charge in [-0.25, -0.2) is 9.18 Å². The Morgan fingerprint density at radius 2 is 0.967 bits per heavy atom. The molecule has 176 valence electrons. The molecule has 0 aliphatic heterocycles. The first-order chi connectivity index (χ1) is 13.2. The van der Waals surface area contributed by atoms with E-state index < -0.39 is 60.2 Å². The van der Waals surface area contributed by atoms with Crippen LogP contribution in [-0.2, 0) is 14.3 Å². The lowest BCUT2D eigenvalue weighted by molar-refractivity contribution is -0.397. The first kappa shape index (κ1) is 26.1. The Hall–Kier alpha value is -1.90. The highest BCUT2D eigenvalue weighted by molar-refractivity contribution is 5.83. The summed E-state index contributed by atoms with van der Waals surface area (Å²) in [7, 11) is 0. The first-order valence-electron chi connectivity index (χ1n) is 7.59. The second-order valence-electron chi connectivity index (χ2n) is 5.99.